The third kappa shape index (κ3) is 9.46. The van der Waals surface area contributed by atoms with Crippen LogP contribution in [-0.2, 0) is 20.7 Å². The molecule has 0 heterocycles. The van der Waals surface area contributed by atoms with Gasteiger partial charge in [0.15, 0.2) is 5.60 Å². The fourth-order valence-electron chi connectivity index (χ4n) is 2.92. The van der Waals surface area contributed by atoms with Crippen molar-refractivity contribution in [3.8, 4) is 5.75 Å². The zero-order valence-corrected chi connectivity index (χ0v) is 21.0. The molecule has 0 saturated heterocycles. The Hall–Kier alpha value is -3.30. The van der Waals surface area contributed by atoms with Crippen LogP contribution in [0.5, 0.6) is 5.75 Å². The van der Waals surface area contributed by atoms with Crippen molar-refractivity contribution in [2.24, 2.45) is 5.73 Å². The third-order valence-corrected chi connectivity index (χ3v) is 5.23. The van der Waals surface area contributed by atoms with Crippen LogP contribution in [0.4, 0.5) is 4.79 Å². The van der Waals surface area contributed by atoms with Gasteiger partial charge in [-0.15, -0.1) is 0 Å². The number of nitrogens with zero attached hydrogens (tertiary/aromatic N) is 1. The lowest BCUT2D eigenvalue weighted by Gasteiger charge is -2.24. The van der Waals surface area contributed by atoms with E-state index >= 15 is 0 Å². The summed E-state index contributed by atoms with van der Waals surface area (Å²) in [6, 6.07) is 13.8. The summed E-state index contributed by atoms with van der Waals surface area (Å²) in [4.78, 5) is 37.7. The van der Waals surface area contributed by atoms with E-state index in [1.807, 2.05) is 12.1 Å². The van der Waals surface area contributed by atoms with E-state index < -0.39 is 24.5 Å². The lowest BCUT2D eigenvalue weighted by atomic mass is 10.1. The fourth-order valence-corrected chi connectivity index (χ4v) is 3.05. The molecule has 2 aromatic rings. The molecular weight excluding hydrogens is 474 g/mol. The van der Waals surface area contributed by atoms with E-state index in [4.69, 9.17) is 31.5 Å². The number of nitrogens with two attached hydrogens (primary N) is 1. The van der Waals surface area contributed by atoms with Gasteiger partial charge in [-0.3, -0.25) is 4.79 Å². The Morgan fingerprint density at radius 3 is 2.31 bits per heavy atom. The minimum absolute atomic E-state index is 0.172. The van der Waals surface area contributed by atoms with Crippen molar-refractivity contribution in [1.29, 1.82) is 0 Å². The lowest BCUT2D eigenvalue weighted by molar-refractivity contribution is -0.168. The second-order valence-electron chi connectivity index (χ2n) is 8.29. The van der Waals surface area contributed by atoms with Gasteiger partial charge in [-0.1, -0.05) is 23.7 Å². The molecule has 190 valence electrons. The molecule has 3 N–H and O–H groups in total. The zero-order chi connectivity index (χ0) is 25.8. The minimum Gasteiger partial charge on any atom is -0.476 e. The lowest BCUT2D eigenvalue weighted by Crippen LogP contribution is -2.40. The van der Waals surface area contributed by atoms with Gasteiger partial charge in [0.05, 0.1) is 0 Å². The van der Waals surface area contributed by atoms with Crippen LogP contribution in [-0.4, -0.2) is 61.9 Å². The van der Waals surface area contributed by atoms with Gasteiger partial charge in [-0.05, 0) is 75.2 Å². The Balaban J connectivity index is 1.76. The maximum atomic E-state index is 12.4. The molecule has 0 unspecified atom stereocenters. The van der Waals surface area contributed by atoms with Crippen LogP contribution in [0.15, 0.2) is 48.5 Å². The normalized spacial score (nSPS) is 10.9. The first-order valence-electron chi connectivity index (χ1n) is 11.2. The summed E-state index contributed by atoms with van der Waals surface area (Å²) in [5.74, 6) is -0.377. The van der Waals surface area contributed by atoms with E-state index in [2.05, 4.69) is 5.32 Å². The summed E-state index contributed by atoms with van der Waals surface area (Å²) < 4.78 is 15.7. The molecule has 0 aliphatic heterocycles. The number of hydrogen-bond acceptors (Lipinski definition) is 7. The number of carbonyl (C=O) groups is 3. The van der Waals surface area contributed by atoms with E-state index in [1.54, 1.807) is 57.3 Å². The highest BCUT2D eigenvalue weighted by atomic mass is 35.5. The number of hydrogen-bond donors (Lipinski definition) is 2. The highest BCUT2D eigenvalue weighted by molar-refractivity contribution is 6.30. The molecule has 0 aliphatic rings. The average molecular weight is 506 g/mol. The van der Waals surface area contributed by atoms with Gasteiger partial charge in [0, 0.05) is 30.7 Å². The Morgan fingerprint density at radius 2 is 1.69 bits per heavy atom. The Labute approximate surface area is 210 Å². The van der Waals surface area contributed by atoms with Gasteiger partial charge < -0.3 is 30.2 Å². The number of rotatable bonds is 12. The fraction of sp³-hybridized carbons (Fsp3) is 0.400. The maximum Gasteiger partial charge on any atom is 0.412 e. The zero-order valence-electron chi connectivity index (χ0n) is 20.2. The highest BCUT2D eigenvalue weighted by Gasteiger charge is 2.32. The average Bonchev–Trinajstić information content (AvgIpc) is 2.83. The number of amides is 2. The van der Waals surface area contributed by atoms with Crippen LogP contribution in [0, 0.1) is 0 Å². The molecule has 9 nitrogen and oxygen atoms in total. The van der Waals surface area contributed by atoms with Crippen LogP contribution in [0.3, 0.4) is 0 Å². The number of nitrogens with one attached hydrogen (secondary N) is 1. The third-order valence-electron chi connectivity index (χ3n) is 4.98. The molecule has 0 saturated carbocycles. The Morgan fingerprint density at radius 1 is 1.03 bits per heavy atom. The van der Waals surface area contributed by atoms with E-state index in [0.29, 0.717) is 48.8 Å². The first-order chi connectivity index (χ1) is 16.6. The summed E-state index contributed by atoms with van der Waals surface area (Å²) in [7, 11) is 1.57. The molecule has 0 aliphatic carbocycles. The molecule has 0 aromatic heterocycles. The predicted molar refractivity (Wildman–Crippen MR) is 132 cm³/mol. The summed E-state index contributed by atoms with van der Waals surface area (Å²) in [6.07, 6.45) is 0.657. The van der Waals surface area contributed by atoms with Crippen LogP contribution in [0.2, 0.25) is 5.02 Å². The van der Waals surface area contributed by atoms with Gasteiger partial charge in [0.25, 0.3) is 5.91 Å². The SMILES string of the molecule is CN(CCCN)C(=O)OCOC(=O)C(C)(C)Oc1ccc(CCNC(=O)c2ccc(Cl)cc2)cc1. The van der Waals surface area contributed by atoms with Crippen molar-refractivity contribution in [2.75, 3.05) is 33.5 Å². The Bertz CT molecular complexity index is 980. The van der Waals surface area contributed by atoms with Gasteiger partial charge in [0.1, 0.15) is 5.75 Å². The molecule has 2 rings (SSSR count). The molecule has 0 atom stereocenters. The van der Waals surface area contributed by atoms with Crippen molar-refractivity contribution >= 4 is 29.6 Å². The van der Waals surface area contributed by atoms with E-state index in [1.165, 1.54) is 4.90 Å². The van der Waals surface area contributed by atoms with Crippen LogP contribution >= 0.6 is 11.6 Å². The van der Waals surface area contributed by atoms with Gasteiger partial charge in [-0.25, -0.2) is 9.59 Å². The molecule has 35 heavy (non-hydrogen) atoms. The Kier molecular flexibility index (Phi) is 10.8. The second kappa shape index (κ2) is 13.6. The van der Waals surface area contributed by atoms with Gasteiger partial charge >= 0.3 is 12.1 Å². The van der Waals surface area contributed by atoms with Crippen molar-refractivity contribution < 1.29 is 28.6 Å². The number of esters is 1. The molecule has 10 heteroatoms. The van der Waals surface area contributed by atoms with Crippen LogP contribution in [0.25, 0.3) is 0 Å². The number of carbonyl (C=O) groups excluding carboxylic acids is 3. The predicted octanol–water partition coefficient (Wildman–Crippen LogP) is 3.39. The summed E-state index contributed by atoms with van der Waals surface area (Å²) in [5.41, 5.74) is 5.64. The number of ether oxygens (including phenoxy) is 3. The number of halogens is 1. The van der Waals surface area contributed by atoms with E-state index in [0.717, 1.165) is 5.56 Å². The van der Waals surface area contributed by atoms with Crippen LogP contribution < -0.4 is 15.8 Å². The largest absolute Gasteiger partial charge is 0.476 e. The van der Waals surface area contributed by atoms with Crippen molar-refractivity contribution in [3.05, 3.63) is 64.7 Å². The van der Waals surface area contributed by atoms with E-state index in [-0.39, 0.29) is 5.91 Å². The monoisotopic (exact) mass is 505 g/mol. The van der Waals surface area contributed by atoms with Gasteiger partial charge in [0.2, 0.25) is 6.79 Å². The van der Waals surface area contributed by atoms with Crippen LogP contribution in [0.1, 0.15) is 36.2 Å². The second-order valence-corrected chi connectivity index (χ2v) is 8.73. The summed E-state index contributed by atoms with van der Waals surface area (Å²) in [6.45, 7) is 3.97. The van der Waals surface area contributed by atoms with E-state index in [9.17, 15) is 14.4 Å². The molecule has 0 bridgehead atoms. The van der Waals surface area contributed by atoms with Crippen molar-refractivity contribution in [2.45, 2.75) is 32.3 Å². The molecule has 0 spiro atoms. The molecule has 2 aromatic carbocycles. The first-order valence-corrected chi connectivity index (χ1v) is 11.6. The van der Waals surface area contributed by atoms with Crippen molar-refractivity contribution in [1.82, 2.24) is 10.2 Å². The molecule has 0 radical (unpaired) electrons. The molecule has 0 fully saturated rings. The first kappa shape index (κ1) is 27.9. The highest BCUT2D eigenvalue weighted by Crippen LogP contribution is 2.20. The smallest absolute Gasteiger partial charge is 0.412 e. The summed E-state index contributed by atoms with van der Waals surface area (Å²) in [5, 5.41) is 3.43. The quantitative estimate of drug-likeness (QED) is 0.335. The maximum absolute atomic E-state index is 12.4. The summed E-state index contributed by atoms with van der Waals surface area (Å²) >= 11 is 5.84. The molecular formula is C25H32ClN3O6. The van der Waals surface area contributed by atoms with Crippen molar-refractivity contribution in [3.63, 3.8) is 0 Å². The standard InChI is InChI=1S/C25H32ClN3O6/c1-25(2,23(31)33-17-34-24(32)29(3)16-4-14-27)35-21-11-5-18(6-12-21)13-15-28-22(30)19-7-9-20(26)10-8-19/h5-12H,4,13-17,27H2,1-3H3,(H,28,30). The number of benzene rings is 2. The molecule has 2 amide bonds. The van der Waals surface area contributed by atoms with Gasteiger partial charge in [-0.2, -0.15) is 0 Å². The minimum atomic E-state index is -1.30. The topological polar surface area (TPSA) is 120 Å².